The molecular weight excluding hydrogens is 384 g/mol. The molecule has 0 radical (unpaired) electrons. The van der Waals surface area contributed by atoms with Gasteiger partial charge in [0.25, 0.3) is 0 Å². The number of carbonyl (C=O) groups is 1. The van der Waals surface area contributed by atoms with E-state index in [1.165, 1.54) is 28.8 Å². The molecule has 108 valence electrons. The molecule has 1 aromatic carbocycles. The molecule has 1 aromatic rings. The van der Waals surface area contributed by atoms with Crippen LogP contribution in [0.2, 0.25) is 0 Å². The Bertz CT molecular complexity index is 615. The van der Waals surface area contributed by atoms with Gasteiger partial charge in [0, 0.05) is 17.6 Å². The van der Waals surface area contributed by atoms with E-state index < -0.39 is 10.0 Å². The van der Waals surface area contributed by atoms with Gasteiger partial charge in [0.1, 0.15) is 4.32 Å². The summed E-state index contributed by atoms with van der Waals surface area (Å²) in [6.07, 6.45) is 0. The number of carbonyl (C=O) groups excluding carboxylic acids is 1. The Morgan fingerprint density at radius 1 is 1.35 bits per heavy atom. The van der Waals surface area contributed by atoms with Crippen molar-refractivity contribution in [2.45, 2.75) is 4.90 Å². The highest BCUT2D eigenvalue weighted by Crippen LogP contribution is 2.18. The first-order valence-electron chi connectivity index (χ1n) is 5.62. The minimum absolute atomic E-state index is 0.0807. The maximum absolute atomic E-state index is 12.0. The van der Waals surface area contributed by atoms with Crippen LogP contribution >= 0.6 is 39.9 Å². The predicted molar refractivity (Wildman–Crippen MR) is 86.1 cm³/mol. The third-order valence-electron chi connectivity index (χ3n) is 2.59. The number of thioether (sulfide) groups is 1. The van der Waals surface area contributed by atoms with Crippen LogP contribution in [0.15, 0.2) is 33.6 Å². The molecule has 1 fully saturated rings. The Labute approximate surface area is 135 Å². The second kappa shape index (κ2) is 6.52. The molecule has 0 saturated carbocycles. The number of thiocarbonyl (C=S) groups is 1. The minimum Gasteiger partial charge on any atom is -0.296 e. The highest BCUT2D eigenvalue weighted by molar-refractivity contribution is 9.10. The van der Waals surface area contributed by atoms with Gasteiger partial charge in [-0.25, -0.2) is 13.1 Å². The number of benzene rings is 1. The minimum atomic E-state index is -3.56. The molecule has 0 bridgehead atoms. The van der Waals surface area contributed by atoms with Gasteiger partial charge in [0.15, 0.2) is 0 Å². The number of hydrogen-bond donors (Lipinski definition) is 1. The SMILES string of the molecule is O=C1CSC(=S)N1CCNS(=O)(=O)c1ccc(Br)cc1. The summed E-state index contributed by atoms with van der Waals surface area (Å²) in [6.45, 7) is 0.380. The van der Waals surface area contributed by atoms with Gasteiger partial charge >= 0.3 is 0 Å². The highest BCUT2D eigenvalue weighted by atomic mass is 79.9. The topological polar surface area (TPSA) is 66.5 Å². The zero-order valence-electron chi connectivity index (χ0n) is 10.2. The third-order valence-corrected chi connectivity index (χ3v) is 6.03. The number of sulfonamides is 1. The van der Waals surface area contributed by atoms with Gasteiger partial charge in [-0.3, -0.25) is 9.69 Å². The summed E-state index contributed by atoms with van der Waals surface area (Å²) in [5.74, 6) is 0.251. The smallest absolute Gasteiger partial charge is 0.240 e. The van der Waals surface area contributed by atoms with Crippen LogP contribution < -0.4 is 4.72 Å². The summed E-state index contributed by atoms with van der Waals surface area (Å²) in [5, 5.41) is 0. The average Bonchev–Trinajstić information content (AvgIpc) is 2.71. The van der Waals surface area contributed by atoms with Crippen molar-refractivity contribution in [1.29, 1.82) is 0 Å². The van der Waals surface area contributed by atoms with Crippen LogP contribution in [0.1, 0.15) is 0 Å². The Balaban J connectivity index is 1.94. The quantitative estimate of drug-likeness (QED) is 0.768. The van der Waals surface area contributed by atoms with Gasteiger partial charge in [-0.2, -0.15) is 0 Å². The number of nitrogens with one attached hydrogen (secondary N) is 1. The largest absolute Gasteiger partial charge is 0.296 e. The van der Waals surface area contributed by atoms with Crippen LogP contribution in [0.4, 0.5) is 0 Å². The first kappa shape index (κ1) is 15.9. The summed E-state index contributed by atoms with van der Waals surface area (Å²) >= 11 is 9.56. The summed E-state index contributed by atoms with van der Waals surface area (Å²) in [7, 11) is -3.56. The Morgan fingerprint density at radius 3 is 2.55 bits per heavy atom. The summed E-state index contributed by atoms with van der Waals surface area (Å²) in [4.78, 5) is 13.1. The standard InChI is InChI=1S/C11H11BrN2O3S3/c12-8-1-3-9(4-2-8)20(16,17)13-5-6-14-10(15)7-19-11(14)18/h1-4,13H,5-7H2. The fraction of sp³-hybridized carbons (Fsp3) is 0.273. The van der Waals surface area contributed by atoms with Gasteiger partial charge in [0.05, 0.1) is 10.6 Å². The molecule has 1 heterocycles. The van der Waals surface area contributed by atoms with E-state index >= 15 is 0 Å². The molecule has 1 aliphatic rings. The number of rotatable bonds is 5. The second-order valence-electron chi connectivity index (χ2n) is 3.95. The van der Waals surface area contributed by atoms with Crippen molar-refractivity contribution < 1.29 is 13.2 Å². The summed E-state index contributed by atoms with van der Waals surface area (Å²) < 4.78 is 27.8. The average molecular weight is 395 g/mol. The molecule has 0 spiro atoms. The number of nitrogens with zero attached hydrogens (tertiary/aromatic N) is 1. The molecule has 1 N–H and O–H groups in total. The van der Waals surface area contributed by atoms with Gasteiger partial charge in [-0.05, 0) is 24.3 Å². The molecular formula is C11H11BrN2O3S3. The van der Waals surface area contributed by atoms with E-state index in [0.717, 1.165) is 4.47 Å². The van der Waals surface area contributed by atoms with Gasteiger partial charge in [0.2, 0.25) is 15.9 Å². The third kappa shape index (κ3) is 3.79. The molecule has 0 unspecified atom stereocenters. The van der Waals surface area contributed by atoms with Crippen molar-refractivity contribution in [3.8, 4) is 0 Å². The molecule has 2 rings (SSSR count). The first-order chi connectivity index (χ1) is 9.40. The maximum Gasteiger partial charge on any atom is 0.240 e. The Morgan fingerprint density at radius 2 is 2.00 bits per heavy atom. The van der Waals surface area contributed by atoms with Crippen molar-refractivity contribution in [3.05, 3.63) is 28.7 Å². The van der Waals surface area contributed by atoms with Gasteiger partial charge in [-0.1, -0.05) is 39.9 Å². The monoisotopic (exact) mass is 394 g/mol. The first-order valence-corrected chi connectivity index (χ1v) is 9.29. The lowest BCUT2D eigenvalue weighted by molar-refractivity contribution is -0.123. The van der Waals surface area contributed by atoms with Crippen LogP contribution in [-0.4, -0.2) is 42.4 Å². The van der Waals surface area contributed by atoms with E-state index in [0.29, 0.717) is 10.1 Å². The van der Waals surface area contributed by atoms with Crippen LogP contribution in [0, 0.1) is 0 Å². The van der Waals surface area contributed by atoms with E-state index in [1.807, 2.05) is 0 Å². The Hall–Kier alpha value is -0.480. The lowest BCUT2D eigenvalue weighted by Gasteiger charge is -2.15. The lowest BCUT2D eigenvalue weighted by Crippen LogP contribution is -2.37. The lowest BCUT2D eigenvalue weighted by atomic mass is 10.4. The van der Waals surface area contributed by atoms with E-state index in [4.69, 9.17) is 12.2 Å². The molecule has 9 heteroatoms. The highest BCUT2D eigenvalue weighted by Gasteiger charge is 2.26. The van der Waals surface area contributed by atoms with Crippen molar-refractivity contribution >= 4 is 60.2 Å². The van der Waals surface area contributed by atoms with Crippen LogP contribution in [0.3, 0.4) is 0 Å². The van der Waals surface area contributed by atoms with Crippen LogP contribution in [0.25, 0.3) is 0 Å². The second-order valence-corrected chi connectivity index (χ2v) is 8.24. The van der Waals surface area contributed by atoms with E-state index in [9.17, 15) is 13.2 Å². The zero-order chi connectivity index (χ0) is 14.8. The molecule has 5 nitrogen and oxygen atoms in total. The van der Waals surface area contributed by atoms with Crippen molar-refractivity contribution in [2.24, 2.45) is 0 Å². The Kier molecular flexibility index (Phi) is 5.19. The maximum atomic E-state index is 12.0. The number of amides is 1. The molecule has 0 aliphatic carbocycles. The zero-order valence-corrected chi connectivity index (χ0v) is 14.2. The molecule has 1 amide bonds. The molecule has 20 heavy (non-hydrogen) atoms. The number of hydrogen-bond acceptors (Lipinski definition) is 5. The predicted octanol–water partition coefficient (Wildman–Crippen LogP) is 1.59. The molecule has 0 aromatic heterocycles. The van der Waals surface area contributed by atoms with Gasteiger partial charge < -0.3 is 0 Å². The molecule has 1 saturated heterocycles. The molecule has 1 aliphatic heterocycles. The van der Waals surface area contributed by atoms with Crippen molar-refractivity contribution in [3.63, 3.8) is 0 Å². The van der Waals surface area contributed by atoms with Crippen molar-refractivity contribution in [1.82, 2.24) is 9.62 Å². The summed E-state index contributed by atoms with van der Waals surface area (Å²) in [6, 6.07) is 6.33. The van der Waals surface area contributed by atoms with Gasteiger partial charge in [-0.15, -0.1) is 0 Å². The fourth-order valence-corrected chi connectivity index (χ4v) is 3.99. The molecule has 0 atom stereocenters. The van der Waals surface area contributed by atoms with Crippen LogP contribution in [0.5, 0.6) is 0 Å². The fourth-order valence-electron chi connectivity index (χ4n) is 1.59. The van der Waals surface area contributed by atoms with Crippen molar-refractivity contribution in [2.75, 3.05) is 18.8 Å². The van der Waals surface area contributed by atoms with Crippen LogP contribution in [-0.2, 0) is 14.8 Å². The van der Waals surface area contributed by atoms with E-state index in [1.54, 1.807) is 12.1 Å². The van der Waals surface area contributed by atoms with E-state index in [2.05, 4.69) is 20.7 Å². The number of halogens is 1. The van der Waals surface area contributed by atoms with E-state index in [-0.39, 0.29) is 23.9 Å². The summed E-state index contributed by atoms with van der Waals surface area (Å²) in [5.41, 5.74) is 0. The normalized spacial score (nSPS) is 15.9.